The summed E-state index contributed by atoms with van der Waals surface area (Å²) in [5.74, 6) is -0.511. The highest BCUT2D eigenvalue weighted by Crippen LogP contribution is 2.36. The van der Waals surface area contributed by atoms with Gasteiger partial charge in [0, 0.05) is 38.8 Å². The van der Waals surface area contributed by atoms with Gasteiger partial charge in [-0.25, -0.2) is 9.59 Å². The van der Waals surface area contributed by atoms with Crippen molar-refractivity contribution in [2.45, 2.75) is 32.8 Å². The second-order valence-electron chi connectivity index (χ2n) is 9.01. The van der Waals surface area contributed by atoms with Gasteiger partial charge >= 0.3 is 12.1 Å². The van der Waals surface area contributed by atoms with E-state index < -0.39 is 22.6 Å². The fourth-order valence-corrected chi connectivity index (χ4v) is 3.35. The third kappa shape index (κ3) is 10.1. The largest absolute Gasteiger partial charge is 0.491 e. The number of nitrogens with zero attached hydrogens (tertiary/aromatic N) is 2. The van der Waals surface area contributed by atoms with E-state index >= 15 is 0 Å². The lowest BCUT2D eigenvalue weighted by atomic mass is 10.1. The van der Waals surface area contributed by atoms with E-state index in [9.17, 15) is 19.7 Å². The number of anilines is 1. The molecule has 200 valence electrons. The van der Waals surface area contributed by atoms with Crippen LogP contribution in [-0.4, -0.2) is 87.1 Å². The molecule has 36 heavy (non-hydrogen) atoms. The molecule has 0 unspecified atom stereocenters. The zero-order valence-corrected chi connectivity index (χ0v) is 21.3. The quantitative estimate of drug-likeness (QED) is 0.142. The van der Waals surface area contributed by atoms with Crippen LogP contribution in [0.15, 0.2) is 24.3 Å². The van der Waals surface area contributed by atoms with Crippen LogP contribution in [-0.2, 0) is 14.2 Å². The van der Waals surface area contributed by atoms with E-state index in [1.54, 1.807) is 32.9 Å². The molecule has 12 nitrogen and oxygen atoms in total. The Hall–Kier alpha value is -3.38. The summed E-state index contributed by atoms with van der Waals surface area (Å²) in [6, 6.07) is 2.59. The predicted octanol–water partition coefficient (Wildman–Crippen LogP) is 2.98. The number of morpholine rings is 1. The molecule has 0 saturated carbocycles. The van der Waals surface area contributed by atoms with Gasteiger partial charge < -0.3 is 29.6 Å². The van der Waals surface area contributed by atoms with Gasteiger partial charge in [0.1, 0.15) is 11.4 Å². The van der Waals surface area contributed by atoms with Crippen molar-refractivity contribution in [3.8, 4) is 5.75 Å². The van der Waals surface area contributed by atoms with Crippen LogP contribution in [0.2, 0.25) is 0 Å². The number of rotatable bonds is 12. The first-order valence-electron chi connectivity index (χ1n) is 11.8. The van der Waals surface area contributed by atoms with Crippen molar-refractivity contribution < 1.29 is 33.5 Å². The maximum Gasteiger partial charge on any atom is 0.407 e. The number of hydrogen-bond donors (Lipinski definition) is 2. The second kappa shape index (κ2) is 14.2. The van der Waals surface area contributed by atoms with Crippen molar-refractivity contribution in [3.63, 3.8) is 0 Å². The average molecular weight is 509 g/mol. The zero-order chi connectivity index (χ0) is 26.6. The Morgan fingerprint density at radius 3 is 2.53 bits per heavy atom. The van der Waals surface area contributed by atoms with Gasteiger partial charge in [0.15, 0.2) is 5.69 Å². The number of amides is 1. The lowest BCUT2D eigenvalue weighted by molar-refractivity contribution is -0.384. The van der Waals surface area contributed by atoms with Crippen LogP contribution >= 0.6 is 0 Å². The molecule has 0 bridgehead atoms. The lowest BCUT2D eigenvalue weighted by Gasteiger charge is -2.26. The molecule has 1 heterocycles. The highest BCUT2D eigenvalue weighted by atomic mass is 16.6. The molecule has 0 radical (unpaired) electrons. The summed E-state index contributed by atoms with van der Waals surface area (Å²) in [5.41, 5.74) is -0.719. The first-order chi connectivity index (χ1) is 17.1. The number of nitrogens with one attached hydrogen (secondary N) is 2. The summed E-state index contributed by atoms with van der Waals surface area (Å²) in [5, 5.41) is 17.3. The maximum atomic E-state index is 12.1. The Labute approximate surface area is 211 Å². The van der Waals surface area contributed by atoms with Crippen LogP contribution in [0.4, 0.5) is 16.2 Å². The number of ether oxygens (including phenoxy) is 4. The minimum atomic E-state index is -0.698. The Morgan fingerprint density at radius 1 is 1.19 bits per heavy atom. The van der Waals surface area contributed by atoms with E-state index in [0.29, 0.717) is 26.2 Å². The third-order valence-corrected chi connectivity index (χ3v) is 5.01. The van der Waals surface area contributed by atoms with E-state index in [4.69, 9.17) is 18.9 Å². The molecule has 1 aromatic rings. The fourth-order valence-electron chi connectivity index (χ4n) is 3.35. The van der Waals surface area contributed by atoms with Gasteiger partial charge in [-0.05, 0) is 33.3 Å². The highest BCUT2D eigenvalue weighted by Gasteiger charge is 2.23. The zero-order valence-electron chi connectivity index (χ0n) is 21.3. The van der Waals surface area contributed by atoms with E-state index in [2.05, 4.69) is 15.5 Å². The number of benzene rings is 1. The molecule has 0 spiro atoms. The average Bonchev–Trinajstić information content (AvgIpc) is 2.83. The van der Waals surface area contributed by atoms with Gasteiger partial charge in [-0.2, -0.15) is 0 Å². The van der Waals surface area contributed by atoms with Crippen molar-refractivity contribution in [1.82, 2.24) is 10.2 Å². The highest BCUT2D eigenvalue weighted by molar-refractivity contribution is 5.93. The first kappa shape index (κ1) is 28.9. The second-order valence-corrected chi connectivity index (χ2v) is 9.01. The van der Waals surface area contributed by atoms with Gasteiger partial charge in [-0.3, -0.25) is 15.0 Å². The number of esters is 1. The summed E-state index contributed by atoms with van der Waals surface area (Å²) in [6.07, 6.45) is 3.56. The van der Waals surface area contributed by atoms with Crippen molar-refractivity contribution in [2.75, 3.05) is 65.0 Å². The Morgan fingerprint density at radius 2 is 1.89 bits per heavy atom. The van der Waals surface area contributed by atoms with Gasteiger partial charge in [0.2, 0.25) is 0 Å². The number of nitro groups is 1. The standard InChI is InChI=1S/C24H36N4O8/c1-24(2,3)36-23(30)26-9-6-5-8-25-21-19(28(31)32)16-18(22(29)33-4)17-20(21)35-13-7-10-27-11-14-34-15-12-27/h5-6,16-17,25H,7-15H2,1-4H3,(H,26,30)/b6-5+. The van der Waals surface area contributed by atoms with Crippen LogP contribution in [0.3, 0.4) is 0 Å². The van der Waals surface area contributed by atoms with E-state index in [0.717, 1.165) is 25.7 Å². The summed E-state index contributed by atoms with van der Waals surface area (Å²) < 4.78 is 21.1. The molecule has 1 aliphatic heterocycles. The lowest BCUT2D eigenvalue weighted by Crippen LogP contribution is -2.37. The molecule has 1 amide bonds. The number of carbonyl (C=O) groups excluding carboxylic acids is 2. The van der Waals surface area contributed by atoms with Crippen molar-refractivity contribution in [2.24, 2.45) is 0 Å². The molecule has 1 fully saturated rings. The number of methoxy groups -OCH3 is 1. The summed E-state index contributed by atoms with van der Waals surface area (Å²) in [6.45, 7) is 9.97. The number of carbonyl (C=O) groups is 2. The molecule has 1 aliphatic rings. The number of alkyl carbamates (subject to hydrolysis) is 1. The fraction of sp³-hybridized carbons (Fsp3) is 0.583. The van der Waals surface area contributed by atoms with E-state index in [1.807, 2.05) is 0 Å². The maximum absolute atomic E-state index is 12.1. The smallest absolute Gasteiger partial charge is 0.407 e. The van der Waals surface area contributed by atoms with Crippen molar-refractivity contribution >= 4 is 23.4 Å². The summed E-state index contributed by atoms with van der Waals surface area (Å²) >= 11 is 0. The topological polar surface area (TPSA) is 142 Å². The minimum Gasteiger partial charge on any atom is -0.491 e. The summed E-state index contributed by atoms with van der Waals surface area (Å²) in [7, 11) is 1.21. The molecule has 2 rings (SSSR count). The normalized spacial score (nSPS) is 14.3. The molecule has 12 heteroatoms. The minimum absolute atomic E-state index is 0.0232. The Bertz CT molecular complexity index is 923. The molecular weight excluding hydrogens is 472 g/mol. The van der Waals surface area contributed by atoms with Crippen LogP contribution in [0.5, 0.6) is 5.75 Å². The number of hydrogen-bond acceptors (Lipinski definition) is 10. The molecule has 0 aliphatic carbocycles. The summed E-state index contributed by atoms with van der Waals surface area (Å²) in [4.78, 5) is 37.2. The third-order valence-electron chi connectivity index (χ3n) is 5.01. The Balaban J connectivity index is 2.04. The van der Waals surface area contributed by atoms with Crippen LogP contribution in [0, 0.1) is 10.1 Å². The predicted molar refractivity (Wildman–Crippen MR) is 134 cm³/mol. The van der Waals surface area contributed by atoms with Gasteiger partial charge in [-0.1, -0.05) is 12.2 Å². The van der Waals surface area contributed by atoms with Gasteiger partial charge in [-0.15, -0.1) is 0 Å². The molecule has 1 aromatic carbocycles. The molecular formula is C24H36N4O8. The van der Waals surface area contributed by atoms with Crippen molar-refractivity contribution in [3.05, 3.63) is 40.0 Å². The van der Waals surface area contributed by atoms with Gasteiger partial charge in [0.25, 0.3) is 5.69 Å². The Kier molecular flexibility index (Phi) is 11.4. The van der Waals surface area contributed by atoms with Crippen LogP contribution in [0.25, 0.3) is 0 Å². The molecule has 0 aromatic heterocycles. The van der Waals surface area contributed by atoms with Crippen LogP contribution < -0.4 is 15.4 Å². The molecule has 2 N–H and O–H groups in total. The van der Waals surface area contributed by atoms with Crippen molar-refractivity contribution in [1.29, 1.82) is 0 Å². The van der Waals surface area contributed by atoms with Gasteiger partial charge in [0.05, 0.1) is 37.4 Å². The monoisotopic (exact) mass is 508 g/mol. The number of nitro benzene ring substituents is 1. The first-order valence-corrected chi connectivity index (χ1v) is 11.8. The van der Waals surface area contributed by atoms with E-state index in [-0.39, 0.29) is 35.8 Å². The van der Waals surface area contributed by atoms with Crippen LogP contribution in [0.1, 0.15) is 37.6 Å². The van der Waals surface area contributed by atoms with E-state index in [1.165, 1.54) is 13.2 Å². The molecule has 0 atom stereocenters. The SMILES string of the molecule is COC(=O)c1cc(OCCCN2CCOCC2)c(NC/C=C/CNC(=O)OC(C)(C)C)c([N+](=O)[O-])c1. The molecule has 1 saturated heterocycles.